The molecule has 1 aliphatic rings. The van der Waals surface area contributed by atoms with Gasteiger partial charge in [-0.2, -0.15) is 13.2 Å². The molecule has 0 fully saturated rings. The average Bonchev–Trinajstić information content (AvgIpc) is 2.81. The molecular weight excluding hydrogens is 313 g/mol. The van der Waals surface area contributed by atoms with Gasteiger partial charge < -0.3 is 4.57 Å². The van der Waals surface area contributed by atoms with E-state index in [0.29, 0.717) is 24.0 Å². The molecule has 0 radical (unpaired) electrons. The molecule has 0 saturated carbocycles. The molecule has 3 aromatic rings. The highest BCUT2D eigenvalue weighted by Crippen LogP contribution is 2.37. The largest absolute Gasteiger partial charge is 0.449 e. The molecule has 0 bridgehead atoms. The van der Waals surface area contributed by atoms with Gasteiger partial charge in [0.1, 0.15) is 0 Å². The molecule has 0 saturated heterocycles. The van der Waals surface area contributed by atoms with Gasteiger partial charge in [-0.1, -0.05) is 42.0 Å². The molecule has 2 heterocycles. The normalized spacial score (nSPS) is 17.9. The fourth-order valence-corrected chi connectivity index (χ4v) is 3.63. The summed E-state index contributed by atoms with van der Waals surface area (Å²) >= 11 is 0. The summed E-state index contributed by atoms with van der Waals surface area (Å²) in [6.07, 6.45) is -3.02. The Labute approximate surface area is 137 Å². The quantitative estimate of drug-likeness (QED) is 0.607. The van der Waals surface area contributed by atoms with Crippen LogP contribution in [0.15, 0.2) is 42.5 Å². The van der Waals surface area contributed by atoms with E-state index in [1.54, 1.807) is 12.1 Å². The van der Waals surface area contributed by atoms with Gasteiger partial charge in [0, 0.05) is 6.54 Å². The Bertz CT molecular complexity index is 891. The first-order valence-corrected chi connectivity index (χ1v) is 8.05. The number of halogens is 3. The van der Waals surface area contributed by atoms with Gasteiger partial charge >= 0.3 is 6.18 Å². The van der Waals surface area contributed by atoms with Crippen molar-refractivity contribution in [3.63, 3.8) is 0 Å². The summed E-state index contributed by atoms with van der Waals surface area (Å²) in [5.74, 6) is -0.563. The standard InChI is InChI=1S/C19H17F3N2/c1-12-5-7-13(8-6-12)14-9-10-24-17-15(11-14)3-2-4-16(17)23-18(24)19(20,21)22/h2-8,14H,9-11H2,1H3/t14-/m1/s1. The summed E-state index contributed by atoms with van der Waals surface area (Å²) in [5.41, 5.74) is 4.39. The first kappa shape index (κ1) is 15.2. The molecule has 124 valence electrons. The van der Waals surface area contributed by atoms with Gasteiger partial charge in [0.05, 0.1) is 11.0 Å². The predicted molar refractivity (Wildman–Crippen MR) is 87.0 cm³/mol. The van der Waals surface area contributed by atoms with Crippen LogP contribution in [0.5, 0.6) is 0 Å². The van der Waals surface area contributed by atoms with E-state index in [2.05, 4.69) is 29.2 Å². The fraction of sp³-hybridized carbons (Fsp3) is 0.316. The third-order valence-electron chi connectivity index (χ3n) is 4.82. The van der Waals surface area contributed by atoms with E-state index < -0.39 is 12.0 Å². The third kappa shape index (κ3) is 2.48. The van der Waals surface area contributed by atoms with Gasteiger partial charge in [-0.15, -0.1) is 0 Å². The van der Waals surface area contributed by atoms with Crippen molar-refractivity contribution in [1.29, 1.82) is 0 Å². The van der Waals surface area contributed by atoms with E-state index in [9.17, 15) is 13.2 Å². The molecule has 0 amide bonds. The van der Waals surface area contributed by atoms with Gasteiger partial charge in [0.2, 0.25) is 5.82 Å². The van der Waals surface area contributed by atoms with E-state index in [1.165, 1.54) is 15.7 Å². The fourth-order valence-electron chi connectivity index (χ4n) is 3.63. The second-order valence-corrected chi connectivity index (χ2v) is 6.47. The molecule has 0 aliphatic carbocycles. The highest BCUT2D eigenvalue weighted by molar-refractivity contribution is 5.80. The van der Waals surface area contributed by atoms with Crippen LogP contribution in [0.3, 0.4) is 0 Å². The summed E-state index contributed by atoms with van der Waals surface area (Å²) in [6.45, 7) is 2.37. The number of para-hydroxylation sites is 1. The molecule has 2 aromatic carbocycles. The lowest BCUT2D eigenvalue weighted by Gasteiger charge is -2.16. The molecule has 2 nitrogen and oxygen atoms in total. The van der Waals surface area contributed by atoms with Crippen molar-refractivity contribution in [2.75, 3.05) is 0 Å². The molecule has 5 heteroatoms. The third-order valence-corrected chi connectivity index (χ3v) is 4.82. The molecule has 0 unspecified atom stereocenters. The van der Waals surface area contributed by atoms with E-state index in [1.807, 2.05) is 13.0 Å². The molecule has 1 aliphatic heterocycles. The van der Waals surface area contributed by atoms with Crippen LogP contribution in [-0.2, 0) is 19.1 Å². The number of rotatable bonds is 1. The molecule has 1 aromatic heterocycles. The summed E-state index contributed by atoms with van der Waals surface area (Å²) in [5, 5.41) is 0. The lowest BCUT2D eigenvalue weighted by Crippen LogP contribution is -2.15. The monoisotopic (exact) mass is 330 g/mol. The van der Waals surface area contributed by atoms with Crippen LogP contribution >= 0.6 is 0 Å². The molecular formula is C19H17F3N2. The second kappa shape index (κ2) is 5.36. The predicted octanol–water partition coefficient (Wildman–Crippen LogP) is 5.09. The highest BCUT2D eigenvalue weighted by atomic mass is 19.4. The minimum atomic E-state index is -4.43. The van der Waals surface area contributed by atoms with Crippen molar-refractivity contribution in [3.8, 4) is 0 Å². The number of hydrogen-bond donors (Lipinski definition) is 0. The Hall–Kier alpha value is -2.30. The summed E-state index contributed by atoms with van der Waals surface area (Å²) < 4.78 is 41.4. The van der Waals surface area contributed by atoms with Gasteiger partial charge in [0.25, 0.3) is 0 Å². The van der Waals surface area contributed by atoms with Crippen LogP contribution in [0.2, 0.25) is 0 Å². The number of benzene rings is 2. The maximum atomic E-state index is 13.3. The van der Waals surface area contributed by atoms with Gasteiger partial charge in [-0.25, -0.2) is 4.98 Å². The van der Waals surface area contributed by atoms with Crippen LogP contribution in [0.4, 0.5) is 13.2 Å². The molecule has 0 spiro atoms. The van der Waals surface area contributed by atoms with Crippen molar-refractivity contribution < 1.29 is 13.2 Å². The minimum Gasteiger partial charge on any atom is -0.320 e. The Morgan fingerprint density at radius 3 is 2.54 bits per heavy atom. The van der Waals surface area contributed by atoms with Crippen LogP contribution in [0.1, 0.15) is 34.9 Å². The Balaban J connectivity index is 1.81. The van der Waals surface area contributed by atoms with Crippen LogP contribution in [-0.4, -0.2) is 9.55 Å². The van der Waals surface area contributed by atoms with Crippen LogP contribution in [0, 0.1) is 6.92 Å². The van der Waals surface area contributed by atoms with Crippen molar-refractivity contribution in [2.24, 2.45) is 0 Å². The minimum absolute atomic E-state index is 0.220. The topological polar surface area (TPSA) is 17.8 Å². The summed E-state index contributed by atoms with van der Waals surface area (Å²) in [7, 11) is 0. The lowest BCUT2D eigenvalue weighted by atomic mass is 9.89. The maximum Gasteiger partial charge on any atom is 0.449 e. The Kier molecular flexibility index (Phi) is 3.41. The first-order valence-electron chi connectivity index (χ1n) is 8.05. The van der Waals surface area contributed by atoms with Crippen LogP contribution in [0.25, 0.3) is 11.0 Å². The van der Waals surface area contributed by atoms with E-state index in [0.717, 1.165) is 12.0 Å². The molecule has 4 rings (SSSR count). The van der Waals surface area contributed by atoms with Crippen molar-refractivity contribution in [1.82, 2.24) is 9.55 Å². The molecule has 24 heavy (non-hydrogen) atoms. The Morgan fingerprint density at radius 1 is 1.08 bits per heavy atom. The maximum absolute atomic E-state index is 13.3. The molecule has 0 N–H and O–H groups in total. The number of hydrogen-bond acceptors (Lipinski definition) is 1. The summed E-state index contributed by atoms with van der Waals surface area (Å²) in [6, 6.07) is 13.7. The second-order valence-electron chi connectivity index (χ2n) is 6.47. The lowest BCUT2D eigenvalue weighted by molar-refractivity contribution is -0.146. The van der Waals surface area contributed by atoms with Gasteiger partial charge in [0.15, 0.2) is 0 Å². The van der Waals surface area contributed by atoms with E-state index in [-0.39, 0.29) is 5.92 Å². The molecule has 1 atom stereocenters. The summed E-state index contributed by atoms with van der Waals surface area (Å²) in [4.78, 5) is 3.84. The SMILES string of the molecule is Cc1ccc([C@@H]2CCn3c(C(F)(F)F)nc4cccc(c43)C2)cc1. The number of aryl methyl sites for hydroxylation is 2. The average molecular weight is 330 g/mol. The Morgan fingerprint density at radius 2 is 1.83 bits per heavy atom. The van der Waals surface area contributed by atoms with Gasteiger partial charge in [-0.05, 0) is 42.9 Å². The van der Waals surface area contributed by atoms with Crippen LogP contribution < -0.4 is 0 Å². The van der Waals surface area contributed by atoms with Crippen molar-refractivity contribution >= 4 is 11.0 Å². The van der Waals surface area contributed by atoms with E-state index in [4.69, 9.17) is 0 Å². The number of imidazole rings is 1. The first-order chi connectivity index (χ1) is 11.4. The van der Waals surface area contributed by atoms with E-state index >= 15 is 0 Å². The highest BCUT2D eigenvalue weighted by Gasteiger charge is 2.38. The number of aromatic nitrogens is 2. The number of nitrogens with zero attached hydrogens (tertiary/aromatic N) is 2. The van der Waals surface area contributed by atoms with Crippen molar-refractivity contribution in [2.45, 2.75) is 38.4 Å². The van der Waals surface area contributed by atoms with Crippen molar-refractivity contribution in [3.05, 3.63) is 65.0 Å². The number of alkyl halides is 3. The van der Waals surface area contributed by atoms with Gasteiger partial charge in [-0.3, -0.25) is 0 Å². The zero-order chi connectivity index (χ0) is 16.9. The zero-order valence-corrected chi connectivity index (χ0v) is 13.3. The zero-order valence-electron chi connectivity index (χ0n) is 13.3. The smallest absolute Gasteiger partial charge is 0.320 e.